The third-order valence-corrected chi connectivity index (χ3v) is 8.17. The summed E-state index contributed by atoms with van der Waals surface area (Å²) in [7, 11) is 0. The number of nitrogens with zero attached hydrogens (tertiary/aromatic N) is 2. The minimum atomic E-state index is -0.113. The van der Waals surface area contributed by atoms with Crippen molar-refractivity contribution in [2.45, 2.75) is 64.5 Å². The SMILES string of the molecule is O=C(NCc1cccc(N2CCCCC2)c1)c1ccc2c(c1)CNCCCCCCCN2C(=O)COc1ccccc1. The van der Waals surface area contributed by atoms with Gasteiger partial charge in [0.1, 0.15) is 5.75 Å². The zero-order valence-corrected chi connectivity index (χ0v) is 24.7. The Morgan fingerprint density at radius 3 is 2.40 bits per heavy atom. The van der Waals surface area contributed by atoms with Gasteiger partial charge in [-0.1, -0.05) is 49.6 Å². The summed E-state index contributed by atoms with van der Waals surface area (Å²) in [6.45, 7) is 4.76. The summed E-state index contributed by atoms with van der Waals surface area (Å²) in [4.78, 5) is 31.0. The molecule has 7 nitrogen and oxygen atoms in total. The van der Waals surface area contributed by atoms with Crippen LogP contribution >= 0.6 is 0 Å². The highest BCUT2D eigenvalue weighted by Crippen LogP contribution is 2.25. The second-order valence-corrected chi connectivity index (χ2v) is 11.3. The molecule has 0 atom stereocenters. The average molecular weight is 569 g/mol. The lowest BCUT2D eigenvalue weighted by Crippen LogP contribution is -2.37. The first-order chi connectivity index (χ1) is 20.7. The Morgan fingerprint density at radius 2 is 1.55 bits per heavy atom. The van der Waals surface area contributed by atoms with Crippen LogP contribution in [0.25, 0.3) is 0 Å². The fourth-order valence-corrected chi connectivity index (χ4v) is 5.82. The highest BCUT2D eigenvalue weighted by molar-refractivity contribution is 5.98. The van der Waals surface area contributed by atoms with Crippen LogP contribution in [-0.4, -0.2) is 44.6 Å². The van der Waals surface area contributed by atoms with Crippen LogP contribution in [0.1, 0.15) is 72.9 Å². The smallest absolute Gasteiger partial charge is 0.264 e. The number of rotatable bonds is 7. The quantitative estimate of drug-likeness (QED) is 0.362. The zero-order valence-electron chi connectivity index (χ0n) is 24.7. The van der Waals surface area contributed by atoms with E-state index in [9.17, 15) is 9.59 Å². The monoisotopic (exact) mass is 568 g/mol. The number of fused-ring (bicyclic) bond motifs is 1. The van der Waals surface area contributed by atoms with Gasteiger partial charge in [0, 0.05) is 49.7 Å². The normalized spacial score (nSPS) is 16.5. The molecule has 2 aliphatic heterocycles. The summed E-state index contributed by atoms with van der Waals surface area (Å²) < 4.78 is 5.82. The van der Waals surface area contributed by atoms with Crippen molar-refractivity contribution < 1.29 is 14.3 Å². The van der Waals surface area contributed by atoms with Gasteiger partial charge in [0.15, 0.2) is 6.61 Å². The van der Waals surface area contributed by atoms with E-state index in [-0.39, 0.29) is 18.4 Å². The maximum atomic E-state index is 13.5. The molecular weight excluding hydrogens is 524 g/mol. The number of benzene rings is 3. The van der Waals surface area contributed by atoms with E-state index in [4.69, 9.17) is 4.74 Å². The zero-order chi connectivity index (χ0) is 29.0. The number of hydrogen-bond acceptors (Lipinski definition) is 5. The first kappa shape index (κ1) is 29.6. The summed E-state index contributed by atoms with van der Waals surface area (Å²) in [6, 6.07) is 23.6. The summed E-state index contributed by atoms with van der Waals surface area (Å²) in [5.41, 5.74) is 4.71. The molecule has 2 N–H and O–H groups in total. The molecule has 0 bridgehead atoms. The number of carbonyl (C=O) groups excluding carboxylic acids is 2. The average Bonchev–Trinajstić information content (AvgIpc) is 3.04. The fraction of sp³-hybridized carbons (Fsp3) is 0.429. The molecule has 1 saturated heterocycles. The molecule has 0 unspecified atom stereocenters. The third kappa shape index (κ3) is 8.35. The third-order valence-electron chi connectivity index (χ3n) is 8.17. The van der Waals surface area contributed by atoms with Crippen LogP contribution in [0.2, 0.25) is 0 Å². The van der Waals surface area contributed by atoms with Gasteiger partial charge in [-0.2, -0.15) is 0 Å². The summed E-state index contributed by atoms with van der Waals surface area (Å²) >= 11 is 0. The number of para-hydroxylation sites is 1. The Bertz CT molecular complexity index is 1310. The maximum absolute atomic E-state index is 13.5. The van der Waals surface area contributed by atoms with E-state index in [1.165, 1.54) is 31.4 Å². The molecule has 222 valence electrons. The van der Waals surface area contributed by atoms with Crippen molar-refractivity contribution in [3.63, 3.8) is 0 Å². The van der Waals surface area contributed by atoms with Crippen molar-refractivity contribution >= 4 is 23.2 Å². The van der Waals surface area contributed by atoms with Crippen LogP contribution in [0.4, 0.5) is 11.4 Å². The number of nitrogens with one attached hydrogen (secondary N) is 2. The largest absolute Gasteiger partial charge is 0.484 e. The summed E-state index contributed by atoms with van der Waals surface area (Å²) in [5.74, 6) is 0.483. The molecular formula is C35H44N4O3. The molecule has 0 saturated carbocycles. The van der Waals surface area contributed by atoms with Gasteiger partial charge < -0.3 is 25.2 Å². The Balaban J connectivity index is 1.30. The highest BCUT2D eigenvalue weighted by atomic mass is 16.5. The number of hydrogen-bond donors (Lipinski definition) is 2. The van der Waals surface area contributed by atoms with Gasteiger partial charge in [-0.3, -0.25) is 9.59 Å². The lowest BCUT2D eigenvalue weighted by molar-refractivity contribution is -0.120. The van der Waals surface area contributed by atoms with Crippen LogP contribution in [0, 0.1) is 0 Å². The van der Waals surface area contributed by atoms with E-state index < -0.39 is 0 Å². The van der Waals surface area contributed by atoms with E-state index in [2.05, 4.69) is 39.8 Å². The van der Waals surface area contributed by atoms with Gasteiger partial charge in [-0.25, -0.2) is 0 Å². The van der Waals surface area contributed by atoms with Crippen molar-refractivity contribution in [3.8, 4) is 5.75 Å². The summed E-state index contributed by atoms with van der Waals surface area (Å²) in [6.07, 6.45) is 9.24. The van der Waals surface area contributed by atoms with Crippen LogP contribution in [0.3, 0.4) is 0 Å². The standard InChI is InChI=1S/C35H44N4O3/c40-34(27-42-32-15-6-4-7-16-32)39-22-11-3-1-2-8-19-36-26-30-24-29(17-18-33(30)39)35(41)37-25-28-13-12-14-31(23-28)38-20-9-5-10-21-38/h4,6-7,12-18,23-24,36H,1-3,5,8-11,19-22,25-27H2,(H,37,41). The van der Waals surface area contributed by atoms with E-state index in [0.717, 1.165) is 62.1 Å². The van der Waals surface area contributed by atoms with Gasteiger partial charge in [-0.15, -0.1) is 0 Å². The van der Waals surface area contributed by atoms with Gasteiger partial charge in [0.2, 0.25) is 0 Å². The van der Waals surface area contributed by atoms with Gasteiger partial charge in [0.05, 0.1) is 0 Å². The van der Waals surface area contributed by atoms with Crippen LogP contribution in [0.5, 0.6) is 5.75 Å². The van der Waals surface area contributed by atoms with Crippen molar-refractivity contribution in [1.29, 1.82) is 0 Å². The second kappa shape index (κ2) is 15.4. The molecule has 0 aromatic heterocycles. The number of amides is 2. The molecule has 5 rings (SSSR count). The molecule has 3 aromatic rings. The minimum Gasteiger partial charge on any atom is -0.484 e. The van der Waals surface area contributed by atoms with E-state index >= 15 is 0 Å². The van der Waals surface area contributed by atoms with E-state index in [1.54, 1.807) is 0 Å². The van der Waals surface area contributed by atoms with E-state index in [0.29, 0.717) is 30.9 Å². The Kier molecular flexibility index (Phi) is 10.9. The molecule has 3 aromatic carbocycles. The van der Waals surface area contributed by atoms with E-state index in [1.807, 2.05) is 53.4 Å². The molecule has 1 fully saturated rings. The van der Waals surface area contributed by atoms with Gasteiger partial charge >= 0.3 is 0 Å². The minimum absolute atomic E-state index is 0.0321. The molecule has 0 spiro atoms. The van der Waals surface area contributed by atoms with Gasteiger partial charge in [0.25, 0.3) is 11.8 Å². The number of anilines is 2. The Morgan fingerprint density at radius 1 is 0.786 bits per heavy atom. The lowest BCUT2D eigenvalue weighted by Gasteiger charge is -2.29. The molecule has 2 aliphatic rings. The molecule has 2 heterocycles. The lowest BCUT2D eigenvalue weighted by atomic mass is 10.0. The number of piperidine rings is 1. The fourth-order valence-electron chi connectivity index (χ4n) is 5.82. The number of ether oxygens (including phenoxy) is 1. The van der Waals surface area contributed by atoms with Crippen molar-refractivity contribution in [3.05, 3.63) is 89.5 Å². The Labute approximate surface area is 250 Å². The summed E-state index contributed by atoms with van der Waals surface area (Å²) in [5, 5.41) is 6.65. The maximum Gasteiger partial charge on any atom is 0.264 e. The van der Waals surface area contributed by atoms with Gasteiger partial charge in [-0.05, 0) is 92.2 Å². The first-order valence-corrected chi connectivity index (χ1v) is 15.6. The van der Waals surface area contributed by atoms with Crippen molar-refractivity contribution in [2.24, 2.45) is 0 Å². The predicted octanol–water partition coefficient (Wildman–Crippen LogP) is 6.07. The number of carbonyl (C=O) groups is 2. The molecule has 42 heavy (non-hydrogen) atoms. The highest BCUT2D eigenvalue weighted by Gasteiger charge is 2.21. The molecule has 2 amide bonds. The molecule has 0 radical (unpaired) electrons. The molecule has 0 aliphatic carbocycles. The first-order valence-electron chi connectivity index (χ1n) is 15.6. The van der Waals surface area contributed by atoms with Crippen LogP contribution in [-0.2, 0) is 17.9 Å². The Hall–Kier alpha value is -3.84. The van der Waals surface area contributed by atoms with Crippen molar-refractivity contribution in [2.75, 3.05) is 42.6 Å². The predicted molar refractivity (Wildman–Crippen MR) is 169 cm³/mol. The topological polar surface area (TPSA) is 73.9 Å². The van der Waals surface area contributed by atoms with Crippen molar-refractivity contribution in [1.82, 2.24) is 10.6 Å². The second-order valence-electron chi connectivity index (χ2n) is 11.3. The van der Waals surface area contributed by atoms with Crippen LogP contribution in [0.15, 0.2) is 72.8 Å². The molecule has 7 heteroatoms. The van der Waals surface area contributed by atoms with Crippen LogP contribution < -0.4 is 25.2 Å².